The highest BCUT2D eigenvalue weighted by atomic mass is 32.1. The first-order valence-corrected chi connectivity index (χ1v) is 6.04. The topological polar surface area (TPSA) is 76.3 Å². The maximum absolute atomic E-state index is 11.6. The predicted octanol–water partition coefficient (Wildman–Crippen LogP) is 1.21. The molecule has 1 fully saturated rings. The van der Waals surface area contributed by atoms with Gasteiger partial charge in [-0.1, -0.05) is 0 Å². The minimum Gasteiger partial charge on any atom is -0.323 e. The van der Waals surface area contributed by atoms with Crippen molar-refractivity contribution >= 4 is 28.3 Å². The van der Waals surface area contributed by atoms with E-state index in [1.807, 2.05) is 6.92 Å². The third-order valence-electron chi connectivity index (χ3n) is 2.45. The van der Waals surface area contributed by atoms with Crippen molar-refractivity contribution in [3.05, 3.63) is 11.1 Å². The maximum Gasteiger partial charge on any atom is 0.235 e. The molecule has 0 aromatic carbocycles. The molecule has 0 bridgehead atoms. The molecule has 86 valence electrons. The van der Waals surface area contributed by atoms with E-state index >= 15 is 0 Å². The van der Waals surface area contributed by atoms with Crippen molar-refractivity contribution in [2.24, 2.45) is 5.73 Å². The summed E-state index contributed by atoms with van der Waals surface area (Å²) in [7, 11) is 0. The maximum atomic E-state index is 11.6. The zero-order chi connectivity index (χ0) is 11.7. The number of nitrogens with two attached hydrogens (primary N) is 1. The molecule has 2 N–H and O–H groups in total. The number of nitrogens with zero attached hydrogens (tertiary/aromatic N) is 2. The Morgan fingerprint density at radius 3 is 2.56 bits per heavy atom. The fourth-order valence-corrected chi connectivity index (χ4v) is 2.52. The first-order valence-electron chi connectivity index (χ1n) is 5.16. The quantitative estimate of drug-likeness (QED) is 0.787. The number of imide groups is 1. The number of hydrogen-bond acceptors (Lipinski definition) is 5. The SMILES string of the molecule is CC(N)c1csc(N2C(=O)CCCC2=O)n1. The smallest absolute Gasteiger partial charge is 0.235 e. The molecule has 1 saturated heterocycles. The van der Waals surface area contributed by atoms with Crippen molar-refractivity contribution in [1.29, 1.82) is 0 Å². The normalized spacial score (nSPS) is 19.0. The van der Waals surface area contributed by atoms with Gasteiger partial charge in [0.15, 0.2) is 5.13 Å². The summed E-state index contributed by atoms with van der Waals surface area (Å²) in [5, 5.41) is 2.23. The van der Waals surface area contributed by atoms with Gasteiger partial charge in [-0.05, 0) is 13.3 Å². The molecular weight excluding hydrogens is 226 g/mol. The van der Waals surface area contributed by atoms with Gasteiger partial charge in [0.2, 0.25) is 11.8 Å². The lowest BCUT2D eigenvalue weighted by Gasteiger charge is -2.21. The highest BCUT2D eigenvalue weighted by Crippen LogP contribution is 2.27. The van der Waals surface area contributed by atoms with Crippen molar-refractivity contribution in [3.8, 4) is 0 Å². The summed E-state index contributed by atoms with van der Waals surface area (Å²) in [6.45, 7) is 1.82. The Balaban J connectivity index is 2.27. The number of anilines is 1. The molecule has 0 radical (unpaired) electrons. The molecule has 2 rings (SSSR count). The van der Waals surface area contributed by atoms with E-state index in [1.165, 1.54) is 16.2 Å². The van der Waals surface area contributed by atoms with Crippen LogP contribution in [0.3, 0.4) is 0 Å². The summed E-state index contributed by atoms with van der Waals surface area (Å²) in [6.07, 6.45) is 1.47. The number of piperidine rings is 1. The first kappa shape index (κ1) is 11.2. The fraction of sp³-hybridized carbons (Fsp3) is 0.500. The van der Waals surface area contributed by atoms with E-state index in [9.17, 15) is 9.59 Å². The summed E-state index contributed by atoms with van der Waals surface area (Å²) in [4.78, 5) is 28.6. The molecule has 2 heterocycles. The van der Waals surface area contributed by atoms with E-state index in [0.717, 1.165) is 0 Å². The van der Waals surface area contributed by atoms with E-state index in [1.54, 1.807) is 5.38 Å². The summed E-state index contributed by atoms with van der Waals surface area (Å²) < 4.78 is 0. The number of amides is 2. The van der Waals surface area contributed by atoms with E-state index in [4.69, 9.17) is 5.73 Å². The van der Waals surface area contributed by atoms with Crippen LogP contribution in [0, 0.1) is 0 Å². The van der Waals surface area contributed by atoms with Gasteiger partial charge in [0.05, 0.1) is 5.69 Å². The van der Waals surface area contributed by atoms with Crippen molar-refractivity contribution in [2.45, 2.75) is 32.2 Å². The average molecular weight is 239 g/mol. The summed E-state index contributed by atoms with van der Waals surface area (Å²) in [5.74, 6) is -0.330. The van der Waals surface area contributed by atoms with Gasteiger partial charge >= 0.3 is 0 Å². The third kappa shape index (κ3) is 1.98. The summed E-state index contributed by atoms with van der Waals surface area (Å²) in [5.41, 5.74) is 6.40. The summed E-state index contributed by atoms with van der Waals surface area (Å²) >= 11 is 1.29. The Labute approximate surface area is 97.3 Å². The number of carbonyl (C=O) groups excluding carboxylic acids is 2. The molecular formula is C10H13N3O2S. The predicted molar refractivity (Wildman–Crippen MR) is 61.1 cm³/mol. The second kappa shape index (κ2) is 4.31. The van der Waals surface area contributed by atoms with Crippen LogP contribution in [0.4, 0.5) is 5.13 Å². The van der Waals surface area contributed by atoms with Crippen molar-refractivity contribution in [3.63, 3.8) is 0 Å². The van der Waals surface area contributed by atoms with Gasteiger partial charge in [0, 0.05) is 24.3 Å². The highest BCUT2D eigenvalue weighted by Gasteiger charge is 2.29. The van der Waals surface area contributed by atoms with Crippen LogP contribution in [0.5, 0.6) is 0 Å². The number of carbonyl (C=O) groups is 2. The molecule has 16 heavy (non-hydrogen) atoms. The van der Waals surface area contributed by atoms with Gasteiger partial charge in [0.25, 0.3) is 0 Å². The van der Waals surface area contributed by atoms with Crippen LogP contribution < -0.4 is 10.6 Å². The van der Waals surface area contributed by atoms with Crippen LogP contribution in [0.2, 0.25) is 0 Å². The second-order valence-corrected chi connectivity index (χ2v) is 4.66. The van der Waals surface area contributed by atoms with Gasteiger partial charge in [-0.3, -0.25) is 9.59 Å². The average Bonchev–Trinajstić information content (AvgIpc) is 2.66. The van der Waals surface area contributed by atoms with E-state index < -0.39 is 0 Å². The zero-order valence-electron chi connectivity index (χ0n) is 8.97. The number of rotatable bonds is 2. The van der Waals surface area contributed by atoms with Gasteiger partial charge in [-0.2, -0.15) is 0 Å². The third-order valence-corrected chi connectivity index (χ3v) is 3.29. The lowest BCUT2D eigenvalue weighted by Crippen LogP contribution is -2.40. The van der Waals surface area contributed by atoms with Gasteiger partial charge in [-0.25, -0.2) is 9.88 Å². The molecule has 1 aromatic rings. The molecule has 1 aliphatic rings. The molecule has 6 heteroatoms. The van der Waals surface area contributed by atoms with Crippen molar-refractivity contribution < 1.29 is 9.59 Å². The Hall–Kier alpha value is -1.27. The molecule has 0 spiro atoms. The molecule has 1 aromatic heterocycles. The molecule has 1 unspecified atom stereocenters. The van der Waals surface area contributed by atoms with Crippen LogP contribution >= 0.6 is 11.3 Å². The number of aromatic nitrogens is 1. The molecule has 5 nitrogen and oxygen atoms in total. The molecule has 0 aliphatic carbocycles. The second-order valence-electron chi connectivity index (χ2n) is 3.82. The minimum absolute atomic E-state index is 0.165. The fourth-order valence-electron chi connectivity index (χ4n) is 1.55. The Bertz CT molecular complexity index is 411. The lowest BCUT2D eigenvalue weighted by molar-refractivity contribution is -0.129. The largest absolute Gasteiger partial charge is 0.323 e. The molecule has 2 amide bonds. The van der Waals surface area contributed by atoms with Crippen LogP contribution in [-0.4, -0.2) is 16.8 Å². The van der Waals surface area contributed by atoms with Crippen LogP contribution in [0.25, 0.3) is 0 Å². The number of thiazole rings is 1. The van der Waals surface area contributed by atoms with Gasteiger partial charge in [0.1, 0.15) is 0 Å². The Kier molecular flexibility index (Phi) is 3.02. The van der Waals surface area contributed by atoms with Crippen molar-refractivity contribution in [2.75, 3.05) is 4.90 Å². The molecule has 1 aliphatic heterocycles. The first-order chi connectivity index (χ1) is 7.59. The molecule has 1 atom stereocenters. The standard InChI is InChI=1S/C10H13N3O2S/c1-6(11)7-5-16-10(12-7)13-8(14)3-2-4-9(13)15/h5-6H,2-4,11H2,1H3. The Morgan fingerprint density at radius 1 is 1.44 bits per heavy atom. The van der Waals surface area contributed by atoms with Crippen molar-refractivity contribution in [1.82, 2.24) is 4.98 Å². The lowest BCUT2D eigenvalue weighted by atomic mass is 10.1. The van der Waals surface area contributed by atoms with E-state index in [2.05, 4.69) is 4.98 Å². The zero-order valence-corrected chi connectivity index (χ0v) is 9.79. The monoisotopic (exact) mass is 239 g/mol. The van der Waals surface area contributed by atoms with Gasteiger partial charge < -0.3 is 5.73 Å². The summed E-state index contributed by atoms with van der Waals surface area (Å²) in [6, 6.07) is -0.181. The highest BCUT2D eigenvalue weighted by molar-refractivity contribution is 7.14. The van der Waals surface area contributed by atoms with Gasteiger partial charge in [-0.15, -0.1) is 11.3 Å². The van der Waals surface area contributed by atoms with Crippen LogP contribution in [0.15, 0.2) is 5.38 Å². The number of hydrogen-bond donors (Lipinski definition) is 1. The Morgan fingerprint density at radius 2 is 2.06 bits per heavy atom. The van der Waals surface area contributed by atoms with E-state index in [-0.39, 0.29) is 17.9 Å². The van der Waals surface area contributed by atoms with Crippen LogP contribution in [-0.2, 0) is 9.59 Å². The minimum atomic E-state index is -0.181. The van der Waals surface area contributed by atoms with Crippen LogP contribution in [0.1, 0.15) is 37.9 Å². The van der Waals surface area contributed by atoms with E-state index in [0.29, 0.717) is 30.1 Å². The molecule has 0 saturated carbocycles.